The minimum Gasteiger partial charge on any atom is -0.400 e. The molecule has 0 spiro atoms. The first-order valence-corrected chi connectivity index (χ1v) is 14.0. The summed E-state index contributed by atoms with van der Waals surface area (Å²) in [5.41, 5.74) is 6.63. The molecule has 10 nitrogen and oxygen atoms in total. The number of ether oxygens (including phenoxy) is 1. The molecule has 4 rings (SSSR count). The molecule has 1 fully saturated rings. The molecule has 2 aromatic rings. The number of hydrogen-bond donors (Lipinski definition) is 3. The SMILES string of the molecule is CC.CN1N=C2CCN(C(=O)C(COCc3ccccc3)NC(=O)C(C)(C)N)CC2(Cc2ccccc2)C1=O.CO. The van der Waals surface area contributed by atoms with E-state index < -0.39 is 22.9 Å². The number of fused-ring (bicyclic) bond motifs is 1. The molecule has 41 heavy (non-hydrogen) atoms. The van der Waals surface area contributed by atoms with Gasteiger partial charge in [0.25, 0.3) is 5.91 Å². The van der Waals surface area contributed by atoms with Crippen molar-refractivity contribution in [2.75, 3.05) is 33.9 Å². The fraction of sp³-hybridized carbons (Fsp3) is 0.484. The Labute approximate surface area is 243 Å². The van der Waals surface area contributed by atoms with Gasteiger partial charge in [-0.1, -0.05) is 74.5 Å². The van der Waals surface area contributed by atoms with E-state index in [-0.39, 0.29) is 25.0 Å². The number of rotatable bonds is 9. The van der Waals surface area contributed by atoms with Gasteiger partial charge in [-0.05, 0) is 31.4 Å². The quantitative estimate of drug-likeness (QED) is 0.425. The second-order valence-corrected chi connectivity index (χ2v) is 10.4. The first kappa shape index (κ1) is 33.6. The number of aliphatic hydroxyl groups excluding tert-OH is 1. The van der Waals surface area contributed by atoms with Crippen LogP contribution in [0.25, 0.3) is 0 Å². The number of nitrogens with one attached hydrogen (secondary N) is 1. The van der Waals surface area contributed by atoms with Crippen LogP contribution in [0, 0.1) is 5.41 Å². The molecule has 2 aliphatic rings. The molecule has 0 aromatic heterocycles. The summed E-state index contributed by atoms with van der Waals surface area (Å²) < 4.78 is 5.85. The minimum absolute atomic E-state index is 0.0213. The highest BCUT2D eigenvalue weighted by atomic mass is 16.5. The van der Waals surface area contributed by atoms with E-state index in [0.717, 1.165) is 23.9 Å². The molecule has 10 heteroatoms. The highest BCUT2D eigenvalue weighted by molar-refractivity contribution is 6.13. The van der Waals surface area contributed by atoms with Gasteiger partial charge in [0.1, 0.15) is 11.5 Å². The topological polar surface area (TPSA) is 138 Å². The summed E-state index contributed by atoms with van der Waals surface area (Å²) in [5, 5.41) is 15.7. The number of piperidine rings is 1. The molecule has 0 bridgehead atoms. The van der Waals surface area contributed by atoms with E-state index in [1.807, 2.05) is 74.5 Å². The molecule has 4 N–H and O–H groups in total. The average molecular weight is 568 g/mol. The maximum atomic E-state index is 13.8. The summed E-state index contributed by atoms with van der Waals surface area (Å²) in [5.74, 6) is -0.892. The second kappa shape index (κ2) is 15.4. The summed E-state index contributed by atoms with van der Waals surface area (Å²) in [7, 11) is 2.65. The van der Waals surface area contributed by atoms with Crippen LogP contribution in [-0.2, 0) is 32.1 Å². The summed E-state index contributed by atoms with van der Waals surface area (Å²) in [6.45, 7) is 8.02. The highest BCUT2D eigenvalue weighted by Gasteiger charge is 2.54. The van der Waals surface area contributed by atoms with Gasteiger partial charge in [-0.3, -0.25) is 14.4 Å². The molecule has 2 heterocycles. The van der Waals surface area contributed by atoms with Gasteiger partial charge >= 0.3 is 0 Å². The first-order chi connectivity index (χ1) is 19.6. The lowest BCUT2D eigenvalue weighted by Gasteiger charge is -2.40. The van der Waals surface area contributed by atoms with Crippen molar-refractivity contribution in [1.82, 2.24) is 15.2 Å². The lowest BCUT2D eigenvalue weighted by molar-refractivity contribution is -0.143. The third-order valence-corrected chi connectivity index (χ3v) is 6.85. The Balaban J connectivity index is 0.00000141. The highest BCUT2D eigenvalue weighted by Crippen LogP contribution is 2.38. The van der Waals surface area contributed by atoms with E-state index in [2.05, 4.69) is 10.4 Å². The van der Waals surface area contributed by atoms with Crippen LogP contribution in [0.3, 0.4) is 0 Å². The second-order valence-electron chi connectivity index (χ2n) is 10.4. The van der Waals surface area contributed by atoms with E-state index in [9.17, 15) is 14.4 Å². The number of nitrogens with zero attached hydrogens (tertiary/aromatic N) is 3. The van der Waals surface area contributed by atoms with Crippen LogP contribution >= 0.6 is 0 Å². The maximum Gasteiger partial charge on any atom is 0.256 e. The van der Waals surface area contributed by atoms with E-state index >= 15 is 0 Å². The number of amides is 3. The summed E-state index contributed by atoms with van der Waals surface area (Å²) >= 11 is 0. The van der Waals surface area contributed by atoms with Crippen molar-refractivity contribution in [2.24, 2.45) is 16.3 Å². The van der Waals surface area contributed by atoms with Crippen LogP contribution in [0.4, 0.5) is 0 Å². The van der Waals surface area contributed by atoms with Crippen LogP contribution in [0.2, 0.25) is 0 Å². The van der Waals surface area contributed by atoms with Gasteiger partial charge in [-0.25, -0.2) is 5.01 Å². The van der Waals surface area contributed by atoms with Crippen molar-refractivity contribution >= 4 is 23.4 Å². The molecule has 0 saturated carbocycles. The molecule has 2 atom stereocenters. The van der Waals surface area contributed by atoms with Crippen molar-refractivity contribution < 1.29 is 24.2 Å². The lowest BCUT2D eigenvalue weighted by Crippen LogP contribution is -2.61. The Kier molecular flexibility index (Phi) is 12.6. The number of aliphatic hydroxyl groups is 1. The number of carbonyl (C=O) groups excluding carboxylic acids is 3. The van der Waals surface area contributed by atoms with E-state index in [4.69, 9.17) is 15.6 Å². The third-order valence-electron chi connectivity index (χ3n) is 6.85. The Morgan fingerprint density at radius 2 is 1.63 bits per heavy atom. The fourth-order valence-electron chi connectivity index (χ4n) is 4.82. The summed E-state index contributed by atoms with van der Waals surface area (Å²) in [6, 6.07) is 18.4. The Morgan fingerprint density at radius 1 is 1.07 bits per heavy atom. The van der Waals surface area contributed by atoms with Crippen LogP contribution in [-0.4, -0.2) is 83.9 Å². The van der Waals surface area contributed by atoms with Crippen LogP contribution in [0.5, 0.6) is 0 Å². The van der Waals surface area contributed by atoms with Gasteiger partial charge in [0.15, 0.2) is 0 Å². The van der Waals surface area contributed by atoms with Crippen LogP contribution < -0.4 is 11.1 Å². The zero-order valence-corrected chi connectivity index (χ0v) is 25.1. The molecule has 224 valence electrons. The van der Waals surface area contributed by atoms with Gasteiger partial charge in [-0.15, -0.1) is 0 Å². The normalized spacial score (nSPS) is 18.6. The van der Waals surface area contributed by atoms with E-state index in [1.165, 1.54) is 5.01 Å². The smallest absolute Gasteiger partial charge is 0.256 e. The minimum atomic E-state index is -1.17. The lowest BCUT2D eigenvalue weighted by atomic mass is 9.73. The number of likely N-dealkylation sites (tertiary alicyclic amines) is 1. The largest absolute Gasteiger partial charge is 0.400 e. The number of nitrogens with two attached hydrogens (primary N) is 1. The molecular weight excluding hydrogens is 522 g/mol. The number of carbonyl (C=O) groups is 3. The third kappa shape index (κ3) is 8.45. The van der Waals surface area contributed by atoms with Crippen molar-refractivity contribution in [2.45, 2.75) is 58.7 Å². The van der Waals surface area contributed by atoms with Crippen molar-refractivity contribution in [3.63, 3.8) is 0 Å². The molecule has 3 amide bonds. The molecule has 0 aliphatic carbocycles. The predicted molar refractivity (Wildman–Crippen MR) is 160 cm³/mol. The van der Waals surface area contributed by atoms with Crippen LogP contribution in [0.15, 0.2) is 65.8 Å². The zero-order valence-electron chi connectivity index (χ0n) is 25.1. The molecule has 1 saturated heterocycles. The molecule has 2 aliphatic heterocycles. The predicted octanol–water partition coefficient (Wildman–Crippen LogP) is 2.35. The molecule has 2 unspecified atom stereocenters. The van der Waals surface area contributed by atoms with Crippen molar-refractivity contribution in [3.05, 3.63) is 71.8 Å². The standard InChI is InChI=1S/C28H35N5O4.C2H6.CH4O/c1-27(2,29)25(35)30-22(18-37-17-21-12-8-5-9-13-21)24(34)33-15-14-23-28(19-33,26(36)32(3)31-23)16-20-10-6-4-7-11-20;2*1-2/h4-13,22H,14-19,29H2,1-3H3,(H,30,35);1-2H3;2H,1H3. The van der Waals surface area contributed by atoms with Gasteiger partial charge in [0, 0.05) is 33.7 Å². The van der Waals surface area contributed by atoms with E-state index in [1.54, 1.807) is 25.8 Å². The molecule has 2 aromatic carbocycles. The Morgan fingerprint density at radius 3 is 2.20 bits per heavy atom. The molecular formula is C31H45N5O5. The molecule has 0 radical (unpaired) electrons. The summed E-state index contributed by atoms with van der Waals surface area (Å²) in [6.07, 6.45) is 0.916. The van der Waals surface area contributed by atoms with Gasteiger partial charge < -0.3 is 25.8 Å². The average Bonchev–Trinajstić information content (AvgIpc) is 3.23. The number of hydrazone groups is 1. The Bertz CT molecular complexity index is 1170. The maximum absolute atomic E-state index is 13.8. The number of benzene rings is 2. The number of hydrogen-bond acceptors (Lipinski definition) is 7. The first-order valence-electron chi connectivity index (χ1n) is 14.0. The fourth-order valence-corrected chi connectivity index (χ4v) is 4.82. The summed E-state index contributed by atoms with van der Waals surface area (Å²) in [4.78, 5) is 41.6. The van der Waals surface area contributed by atoms with Gasteiger partial charge in [0.05, 0.1) is 24.5 Å². The Hall–Kier alpha value is -3.60. The van der Waals surface area contributed by atoms with Gasteiger partial charge in [-0.2, -0.15) is 5.10 Å². The zero-order chi connectivity index (χ0) is 30.6. The monoisotopic (exact) mass is 567 g/mol. The van der Waals surface area contributed by atoms with Gasteiger partial charge in [0.2, 0.25) is 11.8 Å². The van der Waals surface area contributed by atoms with Crippen molar-refractivity contribution in [1.29, 1.82) is 0 Å². The van der Waals surface area contributed by atoms with E-state index in [0.29, 0.717) is 26.0 Å². The van der Waals surface area contributed by atoms with Crippen molar-refractivity contribution in [3.8, 4) is 0 Å². The van der Waals surface area contributed by atoms with Crippen LogP contribution in [0.1, 0.15) is 45.2 Å².